The molecule has 0 spiro atoms. The molecule has 2 N–H and O–H groups in total. The van der Waals surface area contributed by atoms with E-state index >= 15 is 0 Å². The van der Waals surface area contributed by atoms with Gasteiger partial charge in [0.25, 0.3) is 11.8 Å². The van der Waals surface area contributed by atoms with Gasteiger partial charge in [-0.2, -0.15) is 0 Å². The highest BCUT2D eigenvalue weighted by molar-refractivity contribution is 5.96. The average Bonchev–Trinajstić information content (AvgIpc) is 2.71. The summed E-state index contributed by atoms with van der Waals surface area (Å²) in [6.07, 6.45) is 6.44. The number of rotatable bonds is 8. The maximum atomic E-state index is 11.9. The lowest BCUT2D eigenvalue weighted by molar-refractivity contribution is -0.117. The molecule has 1 aromatic heterocycles. The Bertz CT molecular complexity index is 791. The predicted octanol–water partition coefficient (Wildman–Crippen LogP) is 2.74. The van der Waals surface area contributed by atoms with Crippen molar-refractivity contribution in [3.63, 3.8) is 0 Å². The molecule has 0 radical (unpaired) electrons. The van der Waals surface area contributed by atoms with E-state index in [1.165, 1.54) is 12.3 Å². The van der Waals surface area contributed by atoms with E-state index in [4.69, 9.17) is 9.47 Å². The van der Waals surface area contributed by atoms with E-state index < -0.39 is 11.8 Å². The SMILES string of the molecule is CCCCOc1ccc(/C=C/C(=O)NNC(=O)c2ccccn2)cc1OC. The number of hydrogen-bond acceptors (Lipinski definition) is 5. The van der Waals surface area contributed by atoms with Crippen LogP contribution in [0.2, 0.25) is 0 Å². The Morgan fingerprint density at radius 1 is 1.15 bits per heavy atom. The summed E-state index contributed by atoms with van der Waals surface area (Å²) in [6, 6.07) is 10.3. The van der Waals surface area contributed by atoms with Crippen molar-refractivity contribution in [1.29, 1.82) is 0 Å². The van der Waals surface area contributed by atoms with Crippen molar-refractivity contribution in [2.45, 2.75) is 19.8 Å². The van der Waals surface area contributed by atoms with Gasteiger partial charge < -0.3 is 9.47 Å². The van der Waals surface area contributed by atoms with Crippen molar-refractivity contribution in [3.8, 4) is 11.5 Å². The minimum Gasteiger partial charge on any atom is -0.493 e. The highest BCUT2D eigenvalue weighted by Gasteiger charge is 2.07. The molecule has 7 nitrogen and oxygen atoms in total. The Morgan fingerprint density at radius 3 is 2.70 bits per heavy atom. The molecule has 0 aliphatic heterocycles. The van der Waals surface area contributed by atoms with Crippen molar-refractivity contribution in [2.75, 3.05) is 13.7 Å². The van der Waals surface area contributed by atoms with Crippen LogP contribution >= 0.6 is 0 Å². The van der Waals surface area contributed by atoms with Gasteiger partial charge in [0.2, 0.25) is 0 Å². The van der Waals surface area contributed by atoms with Crippen LogP contribution in [0.15, 0.2) is 48.7 Å². The molecule has 1 heterocycles. The summed E-state index contributed by atoms with van der Waals surface area (Å²) >= 11 is 0. The summed E-state index contributed by atoms with van der Waals surface area (Å²) in [7, 11) is 1.56. The largest absolute Gasteiger partial charge is 0.493 e. The normalized spacial score (nSPS) is 10.4. The number of ether oxygens (including phenoxy) is 2. The smallest absolute Gasteiger partial charge is 0.288 e. The number of nitrogens with zero attached hydrogens (tertiary/aromatic N) is 1. The van der Waals surface area contributed by atoms with Gasteiger partial charge in [0.15, 0.2) is 11.5 Å². The van der Waals surface area contributed by atoms with Crippen molar-refractivity contribution >= 4 is 17.9 Å². The zero-order valence-electron chi connectivity index (χ0n) is 15.4. The van der Waals surface area contributed by atoms with E-state index in [9.17, 15) is 9.59 Å². The number of carbonyl (C=O) groups excluding carboxylic acids is 2. The Kier molecular flexibility index (Phi) is 7.84. The lowest BCUT2D eigenvalue weighted by Gasteiger charge is -2.11. The first-order valence-corrected chi connectivity index (χ1v) is 8.64. The average molecular weight is 369 g/mol. The topological polar surface area (TPSA) is 89.6 Å². The number of carbonyl (C=O) groups is 2. The molecule has 0 saturated carbocycles. The van der Waals surface area contributed by atoms with Crippen LogP contribution in [0.4, 0.5) is 0 Å². The quantitative estimate of drug-likeness (QED) is 0.424. The fourth-order valence-electron chi connectivity index (χ4n) is 2.13. The first-order valence-electron chi connectivity index (χ1n) is 8.64. The number of amides is 2. The molecule has 2 amide bonds. The number of hydrazine groups is 1. The fraction of sp³-hybridized carbons (Fsp3) is 0.250. The maximum Gasteiger partial charge on any atom is 0.288 e. The van der Waals surface area contributed by atoms with Gasteiger partial charge in [-0.25, -0.2) is 0 Å². The minimum atomic E-state index is -0.493. The van der Waals surface area contributed by atoms with Crippen molar-refractivity contribution in [3.05, 3.63) is 59.9 Å². The molecule has 7 heteroatoms. The van der Waals surface area contributed by atoms with E-state index in [0.29, 0.717) is 18.1 Å². The van der Waals surface area contributed by atoms with E-state index in [1.807, 2.05) is 6.07 Å². The molecule has 142 valence electrons. The first-order chi connectivity index (χ1) is 13.1. The van der Waals surface area contributed by atoms with Crippen LogP contribution in [0, 0.1) is 0 Å². The number of benzene rings is 1. The molecule has 0 aliphatic carbocycles. The molecule has 0 bridgehead atoms. The molecular formula is C20H23N3O4. The Balaban J connectivity index is 1.90. The van der Waals surface area contributed by atoms with Gasteiger partial charge in [-0.15, -0.1) is 0 Å². The van der Waals surface area contributed by atoms with Crippen LogP contribution in [-0.4, -0.2) is 30.5 Å². The Labute approximate surface area is 158 Å². The second-order valence-corrected chi connectivity index (χ2v) is 5.60. The second-order valence-electron chi connectivity index (χ2n) is 5.60. The highest BCUT2D eigenvalue weighted by atomic mass is 16.5. The molecule has 0 fully saturated rings. The third kappa shape index (κ3) is 6.47. The minimum absolute atomic E-state index is 0.213. The van der Waals surface area contributed by atoms with Crippen LogP contribution in [0.1, 0.15) is 35.8 Å². The summed E-state index contributed by atoms with van der Waals surface area (Å²) in [5, 5.41) is 0. The van der Waals surface area contributed by atoms with E-state index in [1.54, 1.807) is 43.5 Å². The Hall–Kier alpha value is -3.35. The summed E-state index contributed by atoms with van der Waals surface area (Å²) < 4.78 is 11.0. The van der Waals surface area contributed by atoms with Crippen LogP contribution in [0.5, 0.6) is 11.5 Å². The number of unbranched alkanes of at least 4 members (excludes halogenated alkanes) is 1. The van der Waals surface area contributed by atoms with Crippen molar-refractivity contribution in [1.82, 2.24) is 15.8 Å². The third-order valence-electron chi connectivity index (χ3n) is 3.57. The molecule has 1 aromatic carbocycles. The molecule has 0 unspecified atom stereocenters. The van der Waals surface area contributed by atoms with Gasteiger partial charge in [0, 0.05) is 12.3 Å². The van der Waals surface area contributed by atoms with Gasteiger partial charge in [0.1, 0.15) is 5.69 Å². The number of nitrogens with one attached hydrogen (secondary N) is 2. The molecule has 2 rings (SSSR count). The summed E-state index contributed by atoms with van der Waals surface area (Å²) in [4.78, 5) is 27.6. The van der Waals surface area contributed by atoms with Crippen molar-refractivity contribution in [2.24, 2.45) is 0 Å². The number of pyridine rings is 1. The molecular weight excluding hydrogens is 346 g/mol. The van der Waals surface area contributed by atoms with E-state index in [2.05, 4.69) is 22.8 Å². The van der Waals surface area contributed by atoms with Crippen LogP contribution in [-0.2, 0) is 4.79 Å². The van der Waals surface area contributed by atoms with Crippen LogP contribution in [0.25, 0.3) is 6.08 Å². The van der Waals surface area contributed by atoms with Gasteiger partial charge in [-0.05, 0) is 42.3 Å². The molecule has 0 saturated heterocycles. The molecule has 0 aliphatic rings. The number of aromatic nitrogens is 1. The Morgan fingerprint density at radius 2 is 2.00 bits per heavy atom. The van der Waals surface area contributed by atoms with Gasteiger partial charge >= 0.3 is 0 Å². The van der Waals surface area contributed by atoms with E-state index in [0.717, 1.165) is 18.4 Å². The van der Waals surface area contributed by atoms with Gasteiger partial charge in [-0.3, -0.25) is 25.4 Å². The van der Waals surface area contributed by atoms with Crippen LogP contribution in [0.3, 0.4) is 0 Å². The first kappa shape index (κ1) is 20.0. The zero-order valence-corrected chi connectivity index (χ0v) is 15.4. The van der Waals surface area contributed by atoms with Crippen LogP contribution < -0.4 is 20.3 Å². The van der Waals surface area contributed by atoms with Crippen molar-refractivity contribution < 1.29 is 19.1 Å². The van der Waals surface area contributed by atoms with Gasteiger partial charge in [0.05, 0.1) is 13.7 Å². The summed E-state index contributed by atoms with van der Waals surface area (Å²) in [6.45, 7) is 2.72. The highest BCUT2D eigenvalue weighted by Crippen LogP contribution is 2.28. The summed E-state index contributed by atoms with van der Waals surface area (Å²) in [5.74, 6) is 0.293. The molecule has 27 heavy (non-hydrogen) atoms. The second kappa shape index (κ2) is 10.6. The number of hydrogen-bond donors (Lipinski definition) is 2. The number of methoxy groups -OCH3 is 1. The monoisotopic (exact) mass is 369 g/mol. The standard InChI is InChI=1S/C20H23N3O4/c1-3-4-13-27-17-10-8-15(14-18(17)26-2)9-11-19(24)22-23-20(25)16-7-5-6-12-21-16/h5-12,14H,3-4,13H2,1-2H3,(H,22,24)(H,23,25)/b11-9+. The fourth-order valence-corrected chi connectivity index (χ4v) is 2.13. The molecule has 2 aromatic rings. The van der Waals surface area contributed by atoms with E-state index in [-0.39, 0.29) is 5.69 Å². The third-order valence-corrected chi connectivity index (χ3v) is 3.57. The zero-order chi connectivity index (χ0) is 19.5. The maximum absolute atomic E-state index is 11.9. The lowest BCUT2D eigenvalue weighted by Crippen LogP contribution is -2.41. The summed E-state index contributed by atoms with van der Waals surface area (Å²) in [5.41, 5.74) is 5.58. The molecule has 0 atom stereocenters. The van der Waals surface area contributed by atoms with Gasteiger partial charge in [-0.1, -0.05) is 25.5 Å². The predicted molar refractivity (Wildman–Crippen MR) is 102 cm³/mol. The lowest BCUT2D eigenvalue weighted by atomic mass is 10.2.